The molecule has 0 spiro atoms. The molecule has 2 aromatic rings. The largest absolute Gasteiger partial charge is 0.495 e. The quantitative estimate of drug-likeness (QED) is 0.466. The number of para-hydroxylation sites is 3. The van der Waals surface area contributed by atoms with Gasteiger partial charge < -0.3 is 26.0 Å². The number of anilines is 2. The number of rotatable bonds is 6. The predicted octanol–water partition coefficient (Wildman–Crippen LogP) is 1.39. The summed E-state index contributed by atoms with van der Waals surface area (Å²) >= 11 is 0. The Morgan fingerprint density at radius 3 is 2.53 bits per heavy atom. The number of hydrogen-bond donors (Lipinski definition) is 5. The van der Waals surface area contributed by atoms with Gasteiger partial charge in [-0.3, -0.25) is 19.7 Å². The third kappa shape index (κ3) is 4.38. The Labute approximate surface area is 186 Å². The predicted molar refractivity (Wildman–Crippen MR) is 120 cm³/mol. The Morgan fingerprint density at radius 2 is 1.78 bits per heavy atom. The second-order valence-electron chi connectivity index (χ2n) is 7.83. The molecule has 32 heavy (non-hydrogen) atoms. The first-order valence-electron chi connectivity index (χ1n) is 10.6. The smallest absolute Gasteiger partial charge is 0.229 e. The maximum atomic E-state index is 13.1. The van der Waals surface area contributed by atoms with E-state index in [-0.39, 0.29) is 24.1 Å². The summed E-state index contributed by atoms with van der Waals surface area (Å²) in [5.41, 5.74) is 2.37. The third-order valence-corrected chi connectivity index (χ3v) is 5.85. The lowest BCUT2D eigenvalue weighted by atomic mass is 9.81. The van der Waals surface area contributed by atoms with E-state index >= 15 is 0 Å². The van der Waals surface area contributed by atoms with Crippen LogP contribution in [0.3, 0.4) is 0 Å². The van der Waals surface area contributed by atoms with Gasteiger partial charge in [0.05, 0.1) is 30.8 Å². The topological polar surface area (TPSA) is 121 Å². The molecule has 0 aliphatic carbocycles. The summed E-state index contributed by atoms with van der Waals surface area (Å²) in [6, 6.07) is 14.8. The third-order valence-electron chi connectivity index (χ3n) is 5.85. The molecule has 168 valence electrons. The molecule has 0 saturated carbocycles. The fraction of sp³-hybridized carbons (Fsp3) is 0.348. The molecule has 0 aromatic heterocycles. The monoisotopic (exact) mass is 437 g/mol. The summed E-state index contributed by atoms with van der Waals surface area (Å²) in [5, 5.41) is 14.9. The molecule has 2 aliphatic rings. The molecule has 2 saturated heterocycles. The number of aryl methyl sites for hydroxylation is 1. The minimum absolute atomic E-state index is 0.0546. The van der Waals surface area contributed by atoms with Crippen molar-refractivity contribution in [1.29, 1.82) is 0 Å². The lowest BCUT2D eigenvalue weighted by molar-refractivity contribution is -0.144. The molecular weight excluding hydrogens is 410 g/mol. The van der Waals surface area contributed by atoms with Gasteiger partial charge in [-0.2, -0.15) is 0 Å². The van der Waals surface area contributed by atoms with E-state index in [4.69, 9.17) is 4.74 Å². The molecule has 2 aliphatic heterocycles. The zero-order chi connectivity index (χ0) is 22.7. The van der Waals surface area contributed by atoms with E-state index < -0.39 is 24.3 Å². The molecule has 2 aromatic carbocycles. The minimum Gasteiger partial charge on any atom is -0.495 e. The number of amides is 3. The van der Waals surface area contributed by atoms with Gasteiger partial charge in [0.25, 0.3) is 0 Å². The molecule has 2 fully saturated rings. The first-order valence-corrected chi connectivity index (χ1v) is 10.6. The second-order valence-corrected chi connectivity index (χ2v) is 7.83. The Morgan fingerprint density at radius 1 is 1.06 bits per heavy atom. The Balaban J connectivity index is 1.50. The summed E-state index contributed by atoms with van der Waals surface area (Å²) in [6.07, 6.45) is -0.634. The van der Waals surface area contributed by atoms with Crippen LogP contribution in [0.5, 0.6) is 5.75 Å². The van der Waals surface area contributed by atoms with E-state index in [1.807, 2.05) is 49.4 Å². The van der Waals surface area contributed by atoms with Gasteiger partial charge in [0, 0.05) is 12.1 Å². The number of carbonyl (C=O) groups is 3. The van der Waals surface area contributed by atoms with Crippen LogP contribution in [0.1, 0.15) is 18.9 Å². The van der Waals surface area contributed by atoms with Crippen LogP contribution >= 0.6 is 0 Å². The van der Waals surface area contributed by atoms with Gasteiger partial charge in [0.2, 0.25) is 17.7 Å². The number of nitrogens with one attached hydrogen (secondary N) is 5. The van der Waals surface area contributed by atoms with Gasteiger partial charge in [0.1, 0.15) is 5.75 Å². The van der Waals surface area contributed by atoms with Gasteiger partial charge in [-0.1, -0.05) is 37.3 Å². The molecule has 3 amide bonds. The van der Waals surface area contributed by atoms with Crippen LogP contribution in [0, 0.1) is 11.8 Å². The van der Waals surface area contributed by atoms with Crippen LogP contribution in [-0.4, -0.2) is 37.3 Å². The second kappa shape index (κ2) is 9.27. The average Bonchev–Trinajstić information content (AvgIpc) is 2.79. The number of fused-ring (bicyclic) bond motifs is 1. The van der Waals surface area contributed by atoms with Crippen LogP contribution in [0.25, 0.3) is 0 Å². The average molecular weight is 438 g/mol. The van der Waals surface area contributed by atoms with Crippen molar-refractivity contribution in [1.82, 2.24) is 16.0 Å². The fourth-order valence-electron chi connectivity index (χ4n) is 4.25. The number of methoxy groups -OCH3 is 1. The highest BCUT2D eigenvalue weighted by molar-refractivity contribution is 6.00. The van der Waals surface area contributed by atoms with Crippen LogP contribution < -0.4 is 31.3 Å². The van der Waals surface area contributed by atoms with Crippen molar-refractivity contribution >= 4 is 29.1 Å². The lowest BCUT2D eigenvalue weighted by Gasteiger charge is -2.43. The molecule has 0 radical (unpaired) electrons. The number of hydrogen-bond acceptors (Lipinski definition) is 6. The molecule has 4 atom stereocenters. The lowest BCUT2D eigenvalue weighted by Crippen LogP contribution is -2.72. The molecule has 0 bridgehead atoms. The summed E-state index contributed by atoms with van der Waals surface area (Å²) in [6.45, 7) is 2.00. The highest BCUT2D eigenvalue weighted by atomic mass is 16.5. The van der Waals surface area contributed by atoms with Crippen LogP contribution in [-0.2, 0) is 20.8 Å². The van der Waals surface area contributed by atoms with Crippen molar-refractivity contribution in [2.24, 2.45) is 11.8 Å². The highest BCUT2D eigenvalue weighted by Gasteiger charge is 2.48. The number of piperidine rings is 1. The molecule has 9 nitrogen and oxygen atoms in total. The van der Waals surface area contributed by atoms with Crippen molar-refractivity contribution < 1.29 is 19.1 Å². The van der Waals surface area contributed by atoms with E-state index in [9.17, 15) is 14.4 Å². The van der Waals surface area contributed by atoms with Crippen molar-refractivity contribution in [3.05, 3.63) is 54.1 Å². The van der Waals surface area contributed by atoms with Crippen molar-refractivity contribution in [2.45, 2.75) is 32.2 Å². The molecule has 4 unspecified atom stereocenters. The highest BCUT2D eigenvalue weighted by Crippen LogP contribution is 2.29. The van der Waals surface area contributed by atoms with Gasteiger partial charge >= 0.3 is 0 Å². The van der Waals surface area contributed by atoms with Crippen molar-refractivity contribution in [3.8, 4) is 5.75 Å². The molecule has 5 N–H and O–H groups in total. The van der Waals surface area contributed by atoms with Crippen LogP contribution in [0.2, 0.25) is 0 Å². The van der Waals surface area contributed by atoms with Crippen LogP contribution in [0.15, 0.2) is 48.5 Å². The Bertz CT molecular complexity index is 1030. The van der Waals surface area contributed by atoms with E-state index in [2.05, 4.69) is 26.6 Å². The summed E-state index contributed by atoms with van der Waals surface area (Å²) in [5.74, 6) is -1.86. The summed E-state index contributed by atoms with van der Waals surface area (Å²) in [4.78, 5) is 38.5. The van der Waals surface area contributed by atoms with E-state index in [0.29, 0.717) is 17.1 Å². The molecule has 9 heteroatoms. The maximum Gasteiger partial charge on any atom is 0.229 e. The van der Waals surface area contributed by atoms with Gasteiger partial charge in [-0.25, -0.2) is 0 Å². The van der Waals surface area contributed by atoms with Crippen LogP contribution in [0.4, 0.5) is 11.4 Å². The fourth-order valence-corrected chi connectivity index (χ4v) is 4.25. The van der Waals surface area contributed by atoms with Crippen molar-refractivity contribution in [3.63, 3.8) is 0 Å². The van der Waals surface area contributed by atoms with Gasteiger partial charge in [-0.05, 0) is 30.2 Å². The zero-order valence-electron chi connectivity index (χ0n) is 18.0. The normalized spacial score (nSPS) is 24.6. The number of carbonyl (C=O) groups excluding carboxylic acids is 3. The van der Waals surface area contributed by atoms with Gasteiger partial charge in [-0.15, -0.1) is 0 Å². The Hall–Kier alpha value is -3.59. The summed E-state index contributed by atoms with van der Waals surface area (Å²) < 4.78 is 5.34. The molecule has 2 heterocycles. The molecular formula is C23H27N5O4. The van der Waals surface area contributed by atoms with E-state index in [1.165, 1.54) is 0 Å². The van der Waals surface area contributed by atoms with Gasteiger partial charge in [0.15, 0.2) is 6.29 Å². The number of ether oxygens (including phenoxy) is 1. The minimum atomic E-state index is -0.793. The SMILES string of the molecule is CCc1ccccc1NC(=O)C1CC(=O)NC2NC(Nc3ccccc3OC)NC(=O)C21. The molecule has 4 rings (SSSR count). The van der Waals surface area contributed by atoms with E-state index in [1.54, 1.807) is 13.2 Å². The Kier molecular flexibility index (Phi) is 6.27. The zero-order valence-corrected chi connectivity index (χ0v) is 18.0. The van der Waals surface area contributed by atoms with Crippen molar-refractivity contribution in [2.75, 3.05) is 17.7 Å². The standard InChI is InChI=1S/C23H27N5O4/c1-3-13-8-4-5-9-15(13)24-21(30)14-12-18(29)26-20-19(14)22(31)28-23(27-20)25-16-10-6-7-11-17(16)32-2/h4-11,14,19-20,23,25,27H,3,12H2,1-2H3,(H,24,30)(H,26,29)(H,28,31). The first-order chi connectivity index (χ1) is 15.5. The summed E-state index contributed by atoms with van der Waals surface area (Å²) in [7, 11) is 1.56. The number of benzene rings is 2. The first kappa shape index (κ1) is 21.6. The van der Waals surface area contributed by atoms with E-state index in [0.717, 1.165) is 12.0 Å². The maximum absolute atomic E-state index is 13.1.